The number of pyridine rings is 2. The summed E-state index contributed by atoms with van der Waals surface area (Å²) in [7, 11) is 0. The van der Waals surface area contributed by atoms with E-state index in [1.807, 2.05) is 62.4 Å². The van der Waals surface area contributed by atoms with Crippen LogP contribution < -0.4 is 14.4 Å². The van der Waals surface area contributed by atoms with Gasteiger partial charge in [-0.3, -0.25) is 0 Å². The van der Waals surface area contributed by atoms with Gasteiger partial charge in [-0.2, -0.15) is 13.2 Å². The van der Waals surface area contributed by atoms with Gasteiger partial charge in [0.1, 0.15) is 23.3 Å². The van der Waals surface area contributed by atoms with Crippen molar-refractivity contribution in [3.63, 3.8) is 0 Å². The van der Waals surface area contributed by atoms with Gasteiger partial charge in [-0.25, -0.2) is 14.6 Å². The van der Waals surface area contributed by atoms with E-state index in [9.17, 15) is 18.3 Å². The average molecular weight is 669 g/mol. The van der Waals surface area contributed by atoms with Gasteiger partial charge in [0.25, 0.3) is 0 Å². The molecule has 0 fully saturated rings. The number of benzene rings is 1. The maximum absolute atomic E-state index is 13.4. The zero-order valence-corrected chi connectivity index (χ0v) is 28.2. The second kappa shape index (κ2) is 14.6. The standard InChI is InChI=1S/C35H43F3N6O2S/c1-33(2,35(36,37)38)24-46-30-19-22-44(41-30)27-17-18-28-39-32(27)26-14-9-8-13-25(26)12-7-5-6-10-21-43(23-20-34(3,4)45)29-15-11-16-31(40-29)47-42-28/h8-9,11,13-19,22,45H,5-7,10,12,20-21,23-24H2,1-4H3,(H,39,42). The molecular formula is C35H43F3N6O2S. The van der Waals surface area contributed by atoms with Crippen molar-refractivity contribution in [3.8, 4) is 22.8 Å². The van der Waals surface area contributed by atoms with Gasteiger partial charge in [0.2, 0.25) is 5.88 Å². The highest BCUT2D eigenvalue weighted by molar-refractivity contribution is 8.00. The van der Waals surface area contributed by atoms with E-state index in [0.29, 0.717) is 30.2 Å². The molecule has 4 heterocycles. The van der Waals surface area contributed by atoms with Crippen molar-refractivity contribution in [1.82, 2.24) is 19.7 Å². The molecule has 252 valence electrons. The summed E-state index contributed by atoms with van der Waals surface area (Å²) in [5.74, 6) is 1.60. The first kappa shape index (κ1) is 34.6. The van der Waals surface area contributed by atoms with Crippen LogP contribution in [-0.2, 0) is 6.42 Å². The van der Waals surface area contributed by atoms with Crippen molar-refractivity contribution < 1.29 is 23.0 Å². The molecule has 0 radical (unpaired) electrons. The third-order valence-electron chi connectivity index (χ3n) is 8.22. The van der Waals surface area contributed by atoms with Gasteiger partial charge in [-0.15, -0.1) is 5.10 Å². The largest absolute Gasteiger partial charge is 0.476 e. The van der Waals surface area contributed by atoms with Crippen LogP contribution in [0.4, 0.5) is 24.8 Å². The van der Waals surface area contributed by atoms with Crippen LogP contribution in [0, 0.1) is 5.41 Å². The number of fused-ring (bicyclic) bond motifs is 6. The van der Waals surface area contributed by atoms with E-state index < -0.39 is 23.8 Å². The predicted octanol–water partition coefficient (Wildman–Crippen LogP) is 8.50. The molecule has 0 amide bonds. The van der Waals surface area contributed by atoms with E-state index in [4.69, 9.17) is 14.7 Å². The Hall–Kier alpha value is -3.77. The van der Waals surface area contributed by atoms with E-state index in [1.54, 1.807) is 16.9 Å². The molecule has 12 heteroatoms. The Bertz CT molecular complexity index is 1640. The number of aliphatic hydroxyl groups is 1. The highest BCUT2D eigenvalue weighted by Crippen LogP contribution is 2.38. The number of aromatic nitrogens is 4. The van der Waals surface area contributed by atoms with Crippen LogP contribution in [0.1, 0.15) is 65.4 Å². The molecule has 1 aliphatic heterocycles. The highest BCUT2D eigenvalue weighted by Gasteiger charge is 2.48. The molecule has 5 rings (SSSR count). The van der Waals surface area contributed by atoms with Gasteiger partial charge >= 0.3 is 6.18 Å². The lowest BCUT2D eigenvalue weighted by molar-refractivity contribution is -0.219. The quantitative estimate of drug-likeness (QED) is 0.190. The molecule has 3 aromatic heterocycles. The predicted molar refractivity (Wildman–Crippen MR) is 181 cm³/mol. The Morgan fingerprint density at radius 2 is 1.70 bits per heavy atom. The number of ether oxygens (including phenoxy) is 1. The fraction of sp³-hybridized carbons (Fsp3) is 0.457. The summed E-state index contributed by atoms with van der Waals surface area (Å²) >= 11 is 1.36. The molecule has 2 N–H and O–H groups in total. The zero-order valence-electron chi connectivity index (χ0n) is 27.3. The van der Waals surface area contributed by atoms with Crippen molar-refractivity contribution >= 4 is 23.6 Å². The van der Waals surface area contributed by atoms with Crippen molar-refractivity contribution in [3.05, 3.63) is 72.4 Å². The number of halogens is 3. The lowest BCUT2D eigenvalue weighted by atomic mass is 9.94. The second-order valence-corrected chi connectivity index (χ2v) is 14.1. The molecule has 0 unspecified atom stereocenters. The first-order chi connectivity index (χ1) is 22.3. The van der Waals surface area contributed by atoms with Gasteiger partial charge in [0.15, 0.2) is 0 Å². The molecule has 4 aromatic rings. The van der Waals surface area contributed by atoms with Gasteiger partial charge in [-0.1, -0.05) is 43.2 Å². The third kappa shape index (κ3) is 9.19. The summed E-state index contributed by atoms with van der Waals surface area (Å²) in [5.41, 5.74) is 0.717. The van der Waals surface area contributed by atoms with E-state index in [2.05, 4.69) is 20.8 Å². The van der Waals surface area contributed by atoms with Gasteiger partial charge in [0.05, 0.1) is 22.4 Å². The normalized spacial score (nSPS) is 15.0. The molecule has 1 aromatic carbocycles. The fourth-order valence-corrected chi connectivity index (χ4v) is 5.79. The minimum absolute atomic E-state index is 0.104. The maximum Gasteiger partial charge on any atom is 0.397 e. The zero-order chi connectivity index (χ0) is 33.7. The van der Waals surface area contributed by atoms with Crippen LogP contribution >= 0.6 is 11.9 Å². The summed E-state index contributed by atoms with van der Waals surface area (Å²) in [6.45, 7) is 6.90. The molecule has 1 aliphatic rings. The number of hydrogen-bond acceptors (Lipinski definition) is 8. The van der Waals surface area contributed by atoms with Crippen LogP contribution in [0.15, 0.2) is 71.9 Å². The van der Waals surface area contributed by atoms with Crippen LogP contribution in [0.5, 0.6) is 5.88 Å². The number of alkyl halides is 3. The Kier molecular flexibility index (Phi) is 10.7. The van der Waals surface area contributed by atoms with Crippen LogP contribution in [0.25, 0.3) is 16.9 Å². The molecule has 0 saturated carbocycles. The molecule has 47 heavy (non-hydrogen) atoms. The first-order valence-corrected chi connectivity index (χ1v) is 16.8. The molecule has 8 nitrogen and oxygen atoms in total. The summed E-state index contributed by atoms with van der Waals surface area (Å²) in [6.07, 6.45) is 2.93. The topological polar surface area (TPSA) is 88.3 Å². The van der Waals surface area contributed by atoms with Crippen LogP contribution in [-0.4, -0.2) is 56.3 Å². The van der Waals surface area contributed by atoms with E-state index in [-0.39, 0.29) is 5.88 Å². The smallest absolute Gasteiger partial charge is 0.397 e. The summed E-state index contributed by atoms with van der Waals surface area (Å²) < 4.78 is 50.6. The maximum atomic E-state index is 13.4. The van der Waals surface area contributed by atoms with Crippen LogP contribution in [0.2, 0.25) is 0 Å². The lowest BCUT2D eigenvalue weighted by Crippen LogP contribution is -2.37. The minimum Gasteiger partial charge on any atom is -0.476 e. The fourth-order valence-electron chi connectivity index (χ4n) is 5.18. The summed E-state index contributed by atoms with van der Waals surface area (Å²) in [6, 6.07) is 19.4. The van der Waals surface area contributed by atoms with Crippen molar-refractivity contribution in [1.29, 1.82) is 0 Å². The van der Waals surface area contributed by atoms with Crippen molar-refractivity contribution in [2.75, 3.05) is 29.3 Å². The highest BCUT2D eigenvalue weighted by atomic mass is 32.2. The van der Waals surface area contributed by atoms with Gasteiger partial charge < -0.3 is 19.5 Å². The third-order valence-corrected chi connectivity index (χ3v) is 8.96. The Balaban J connectivity index is 1.46. The number of anilines is 2. The van der Waals surface area contributed by atoms with Crippen LogP contribution in [0.3, 0.4) is 0 Å². The van der Waals surface area contributed by atoms with Crippen molar-refractivity contribution in [2.24, 2.45) is 5.41 Å². The monoisotopic (exact) mass is 668 g/mol. The Morgan fingerprint density at radius 3 is 2.49 bits per heavy atom. The number of hydrogen-bond donors (Lipinski definition) is 2. The van der Waals surface area contributed by atoms with Gasteiger partial charge in [0, 0.05) is 42.9 Å². The molecule has 4 bridgehead atoms. The molecular weight excluding hydrogens is 625 g/mol. The lowest BCUT2D eigenvalue weighted by Gasteiger charge is -2.27. The van der Waals surface area contributed by atoms with E-state index >= 15 is 0 Å². The second-order valence-electron chi connectivity index (χ2n) is 13.2. The molecule has 0 saturated heterocycles. The number of rotatable bonds is 7. The average Bonchev–Trinajstić information content (AvgIpc) is 3.50. The Morgan fingerprint density at radius 1 is 0.915 bits per heavy atom. The summed E-state index contributed by atoms with van der Waals surface area (Å²) in [5, 5.41) is 15.6. The summed E-state index contributed by atoms with van der Waals surface area (Å²) in [4.78, 5) is 12.2. The SMILES string of the molecule is CC(C)(O)CCN1CCCCCCc2ccccc2-c2nc(ccc2-n2ccc(OCC(C)(C)C(F)(F)F)n2)NSc2cccc1n2. The Labute approximate surface area is 278 Å². The van der Waals surface area contributed by atoms with E-state index in [1.165, 1.54) is 11.9 Å². The minimum atomic E-state index is -4.40. The molecule has 0 atom stereocenters. The van der Waals surface area contributed by atoms with Crippen molar-refractivity contribution in [2.45, 2.75) is 83.0 Å². The van der Waals surface area contributed by atoms with E-state index in [0.717, 1.165) is 74.5 Å². The number of aryl methyl sites for hydroxylation is 1. The molecule has 0 aliphatic carbocycles. The number of nitrogens with zero attached hydrogens (tertiary/aromatic N) is 5. The number of nitrogens with one attached hydrogen (secondary N) is 1. The molecule has 0 spiro atoms. The van der Waals surface area contributed by atoms with Gasteiger partial charge in [-0.05, 0) is 83.2 Å². The first-order valence-electron chi connectivity index (χ1n) is 16.0.